The molecule has 8 nitrogen and oxygen atoms in total. The number of hydrogen-bond donors (Lipinski definition) is 6. The third-order valence-electron chi connectivity index (χ3n) is 9.16. The lowest BCUT2D eigenvalue weighted by Crippen LogP contribution is -2.32. The van der Waals surface area contributed by atoms with Crippen LogP contribution in [0.3, 0.4) is 0 Å². The predicted molar refractivity (Wildman–Crippen MR) is 163 cm³/mol. The van der Waals surface area contributed by atoms with Crippen molar-refractivity contribution in [2.24, 2.45) is 17.8 Å². The Bertz CT molecular complexity index is 855. The minimum absolute atomic E-state index is 0.114. The fourth-order valence-corrected chi connectivity index (χ4v) is 6.77. The van der Waals surface area contributed by atoms with Gasteiger partial charge >= 0.3 is 5.97 Å². The highest BCUT2D eigenvalue weighted by Crippen LogP contribution is 2.46. The number of aliphatic hydroxyl groups is 4. The molecule has 1 heterocycles. The summed E-state index contributed by atoms with van der Waals surface area (Å²) in [6.07, 6.45) is 16.1. The Morgan fingerprint density at radius 1 is 0.976 bits per heavy atom. The highest BCUT2D eigenvalue weighted by Gasteiger charge is 2.44. The van der Waals surface area contributed by atoms with E-state index in [1.807, 2.05) is 12.1 Å². The summed E-state index contributed by atoms with van der Waals surface area (Å²) in [5.41, 5.74) is 5.97. The maximum absolute atomic E-state index is 12.0. The van der Waals surface area contributed by atoms with Gasteiger partial charge in [-0.2, -0.15) is 0 Å². The molecule has 0 saturated heterocycles. The van der Waals surface area contributed by atoms with E-state index in [4.69, 9.17) is 5.73 Å². The lowest BCUT2D eigenvalue weighted by molar-refractivity contribution is -0.146. The number of rotatable bonds is 23. The van der Waals surface area contributed by atoms with Crippen molar-refractivity contribution in [1.29, 1.82) is 0 Å². The Labute approximate surface area is 247 Å². The van der Waals surface area contributed by atoms with Gasteiger partial charge in [-0.3, -0.25) is 4.79 Å². The van der Waals surface area contributed by atoms with Gasteiger partial charge in [0.05, 0.1) is 23.7 Å². The topological polar surface area (TPSA) is 157 Å². The van der Waals surface area contributed by atoms with E-state index in [9.17, 15) is 30.3 Å². The number of nitrogens with zero attached hydrogens (tertiary/aromatic N) is 1. The van der Waals surface area contributed by atoms with Crippen molar-refractivity contribution in [2.75, 3.05) is 12.3 Å². The molecule has 1 fully saturated rings. The van der Waals surface area contributed by atoms with Crippen molar-refractivity contribution in [1.82, 2.24) is 4.98 Å². The number of carbonyl (C=O) groups is 1. The number of anilines is 1. The van der Waals surface area contributed by atoms with Crippen LogP contribution in [0.5, 0.6) is 0 Å². The van der Waals surface area contributed by atoms with Gasteiger partial charge < -0.3 is 31.3 Å². The molecule has 236 valence electrons. The molecule has 8 heteroatoms. The van der Waals surface area contributed by atoms with Crippen LogP contribution in [0, 0.1) is 17.8 Å². The van der Waals surface area contributed by atoms with Gasteiger partial charge in [-0.1, -0.05) is 64.7 Å². The number of aliphatic carboxylic acids is 1. The summed E-state index contributed by atoms with van der Waals surface area (Å²) in [5.74, 6) is -0.886. The van der Waals surface area contributed by atoms with Crippen molar-refractivity contribution >= 4 is 11.8 Å². The molecular weight excluding hydrogens is 520 g/mol. The number of carboxylic acids is 1. The van der Waals surface area contributed by atoms with Crippen LogP contribution in [0.4, 0.5) is 5.82 Å². The number of nitrogens with two attached hydrogens (primary N) is 1. The van der Waals surface area contributed by atoms with Gasteiger partial charge in [0.15, 0.2) is 0 Å². The fraction of sp³-hybridized carbons (Fsp3) is 0.818. The molecular formula is C33H58N2O6. The average molecular weight is 579 g/mol. The van der Waals surface area contributed by atoms with Gasteiger partial charge in [0.25, 0.3) is 0 Å². The van der Waals surface area contributed by atoms with Gasteiger partial charge in [0.1, 0.15) is 5.82 Å². The summed E-state index contributed by atoms with van der Waals surface area (Å²) in [6.45, 7) is 2.31. The minimum Gasteiger partial charge on any atom is -0.481 e. The van der Waals surface area contributed by atoms with Crippen LogP contribution in [0.2, 0.25) is 0 Å². The first-order valence-corrected chi connectivity index (χ1v) is 16.3. The Morgan fingerprint density at radius 2 is 1.61 bits per heavy atom. The molecule has 0 amide bonds. The van der Waals surface area contributed by atoms with Crippen LogP contribution < -0.4 is 5.73 Å². The van der Waals surface area contributed by atoms with E-state index in [-0.39, 0.29) is 31.0 Å². The highest BCUT2D eigenvalue weighted by molar-refractivity contribution is 5.70. The number of aromatic nitrogens is 1. The Kier molecular flexibility index (Phi) is 16.8. The Balaban J connectivity index is 1.75. The summed E-state index contributed by atoms with van der Waals surface area (Å²) < 4.78 is 0. The second-order valence-electron chi connectivity index (χ2n) is 12.7. The van der Waals surface area contributed by atoms with Crippen LogP contribution >= 0.6 is 0 Å². The van der Waals surface area contributed by atoms with Gasteiger partial charge in [-0.05, 0) is 93.7 Å². The number of pyridine rings is 1. The monoisotopic (exact) mass is 578 g/mol. The summed E-state index contributed by atoms with van der Waals surface area (Å²) in [7, 11) is 0. The maximum atomic E-state index is 12.0. The number of unbranched alkanes of at least 4 members (excludes halogenated alkanes) is 7. The average Bonchev–Trinajstić information content (AvgIpc) is 3.24. The molecule has 0 spiro atoms. The minimum atomic E-state index is -0.999. The maximum Gasteiger partial charge on any atom is 0.309 e. The second kappa shape index (κ2) is 19.4. The Hall–Kier alpha value is -1.74. The first-order valence-electron chi connectivity index (χ1n) is 16.3. The van der Waals surface area contributed by atoms with E-state index >= 15 is 0 Å². The highest BCUT2D eigenvalue weighted by atomic mass is 16.4. The van der Waals surface area contributed by atoms with Crippen molar-refractivity contribution in [3.8, 4) is 0 Å². The molecule has 1 aromatic heterocycles. The first kappa shape index (κ1) is 35.5. The van der Waals surface area contributed by atoms with E-state index in [1.165, 1.54) is 25.7 Å². The van der Waals surface area contributed by atoms with Gasteiger partial charge in [-0.15, -0.1) is 0 Å². The molecule has 0 aliphatic heterocycles. The fourth-order valence-electron chi connectivity index (χ4n) is 6.77. The molecule has 0 radical (unpaired) electrons. The number of carboxylic acid groups (broad SMARTS) is 1. The van der Waals surface area contributed by atoms with Crippen LogP contribution in [0.25, 0.3) is 0 Å². The summed E-state index contributed by atoms with van der Waals surface area (Å²) in [5, 5.41) is 51.6. The van der Waals surface area contributed by atoms with E-state index in [0.29, 0.717) is 37.9 Å². The molecule has 0 bridgehead atoms. The zero-order valence-corrected chi connectivity index (χ0v) is 25.4. The van der Waals surface area contributed by atoms with Crippen LogP contribution in [-0.2, 0) is 11.2 Å². The predicted octanol–water partition coefficient (Wildman–Crippen LogP) is 5.64. The molecule has 7 N–H and O–H groups in total. The van der Waals surface area contributed by atoms with Crippen molar-refractivity contribution in [2.45, 2.75) is 147 Å². The third-order valence-corrected chi connectivity index (χ3v) is 9.16. The molecule has 41 heavy (non-hydrogen) atoms. The summed E-state index contributed by atoms with van der Waals surface area (Å²) in [6, 6.07) is 3.80. The van der Waals surface area contributed by atoms with Crippen LogP contribution in [0.15, 0.2) is 18.3 Å². The smallest absolute Gasteiger partial charge is 0.309 e. The van der Waals surface area contributed by atoms with Crippen molar-refractivity contribution < 1.29 is 30.3 Å². The van der Waals surface area contributed by atoms with Gasteiger partial charge in [0, 0.05) is 12.8 Å². The second-order valence-corrected chi connectivity index (χ2v) is 12.7. The van der Waals surface area contributed by atoms with Crippen molar-refractivity contribution in [3.05, 3.63) is 23.9 Å². The Morgan fingerprint density at radius 3 is 2.22 bits per heavy atom. The number of hydrogen-bond acceptors (Lipinski definition) is 7. The third kappa shape index (κ3) is 13.9. The zero-order chi connectivity index (χ0) is 30.1. The summed E-state index contributed by atoms with van der Waals surface area (Å²) >= 11 is 0. The van der Waals surface area contributed by atoms with Gasteiger partial charge in [0.2, 0.25) is 0 Å². The molecule has 1 saturated carbocycles. The molecule has 6 unspecified atom stereocenters. The lowest BCUT2D eigenvalue weighted by atomic mass is 9.86. The van der Waals surface area contributed by atoms with Gasteiger partial charge in [-0.25, -0.2) is 4.98 Å². The normalized spacial score (nSPS) is 23.0. The SMILES string of the molecule is CCCCCCCC(O)CCCCCCC(C(=O)O)C(O)CCC1(O)CC(CCCO)C(Cc2ccnc(N)c2)C1. The first-order chi connectivity index (χ1) is 19.7. The van der Waals surface area contributed by atoms with E-state index in [1.54, 1.807) is 6.20 Å². The number of aliphatic hydroxyl groups excluding tert-OH is 3. The molecule has 1 aromatic rings. The van der Waals surface area contributed by atoms with E-state index in [2.05, 4.69) is 11.9 Å². The molecule has 1 aliphatic rings. The van der Waals surface area contributed by atoms with Crippen LogP contribution in [-0.4, -0.2) is 60.9 Å². The largest absolute Gasteiger partial charge is 0.481 e. The van der Waals surface area contributed by atoms with E-state index in [0.717, 1.165) is 63.4 Å². The standard InChI is InChI=1S/C33H58N2O6/c1-2-3-4-5-8-13-28(37)14-9-6-7-10-15-29(32(39)40)30(38)16-18-33(41)23-26(12-11-20-36)27(24-33)21-25-17-19-35-31(34)22-25/h17,19,22,26-30,36-38,41H,2-16,18,20-21,23-24H2,1H3,(H2,34,35)(H,39,40). The summed E-state index contributed by atoms with van der Waals surface area (Å²) in [4.78, 5) is 16.0. The van der Waals surface area contributed by atoms with Crippen molar-refractivity contribution in [3.63, 3.8) is 0 Å². The zero-order valence-electron chi connectivity index (χ0n) is 25.4. The van der Waals surface area contributed by atoms with Crippen LogP contribution in [0.1, 0.15) is 128 Å². The lowest BCUT2D eigenvalue weighted by Gasteiger charge is -2.26. The molecule has 1 aliphatic carbocycles. The van der Waals surface area contributed by atoms with E-state index < -0.39 is 23.6 Å². The number of nitrogen functional groups attached to an aromatic ring is 1. The quantitative estimate of drug-likeness (QED) is 0.0911. The molecule has 0 aromatic carbocycles. The molecule has 6 atom stereocenters. The molecule has 2 rings (SSSR count).